The van der Waals surface area contributed by atoms with Crippen molar-refractivity contribution in [1.29, 1.82) is 0 Å². The Kier molecular flexibility index (Phi) is 7.80. The van der Waals surface area contributed by atoms with Gasteiger partial charge in [-0.05, 0) is 101 Å². The Balaban J connectivity index is 0.960. The van der Waals surface area contributed by atoms with E-state index in [9.17, 15) is 0 Å². The number of para-hydroxylation sites is 4. The van der Waals surface area contributed by atoms with Crippen LogP contribution in [-0.2, 0) is 0 Å². The lowest BCUT2D eigenvalue weighted by atomic mass is 9.99. The molecule has 0 aliphatic heterocycles. The summed E-state index contributed by atoms with van der Waals surface area (Å²) >= 11 is 0. The van der Waals surface area contributed by atoms with Crippen LogP contribution in [0.3, 0.4) is 0 Å². The molecule has 0 atom stereocenters. The zero-order chi connectivity index (χ0) is 41.4. The average Bonchev–Trinajstić information content (AvgIpc) is 4.03. The van der Waals surface area contributed by atoms with Gasteiger partial charge in [-0.25, -0.2) is 15.0 Å². The molecule has 0 spiro atoms. The van der Waals surface area contributed by atoms with E-state index in [0.29, 0.717) is 17.5 Å². The van der Waals surface area contributed by atoms with Gasteiger partial charge in [0.15, 0.2) is 17.5 Å². The second-order valence-electron chi connectivity index (χ2n) is 16.0. The average molecular weight is 807 g/mol. The normalized spacial score (nSPS) is 11.8. The molecule has 0 amide bonds. The standard InChI is InChI=1S/C57H34N4O2/c1-2-12-35(13-3-1)37-14-10-15-38(32-37)36-24-28-41(29-25-36)61-49-21-7-4-16-42(49)47-33-39(26-30-50(47)61)55-58-56(40-27-31-53-48(34-40)44-18-6-8-22-51(44)62-53)60-57(59-55)46-20-11-19-45-43-17-5-9-23-52(43)63-54(45)46/h1-34H. The van der Waals surface area contributed by atoms with Gasteiger partial charge >= 0.3 is 0 Å². The maximum absolute atomic E-state index is 6.52. The molecular weight excluding hydrogens is 773 g/mol. The first-order valence-corrected chi connectivity index (χ1v) is 21.1. The number of rotatable bonds is 6. The van der Waals surface area contributed by atoms with Crippen LogP contribution in [0.15, 0.2) is 215 Å². The minimum atomic E-state index is 0.536. The van der Waals surface area contributed by atoms with Crippen LogP contribution in [0.5, 0.6) is 0 Å². The largest absolute Gasteiger partial charge is 0.456 e. The highest BCUT2D eigenvalue weighted by atomic mass is 16.3. The lowest BCUT2D eigenvalue weighted by Crippen LogP contribution is -2.00. The Morgan fingerprint density at radius 2 is 0.825 bits per heavy atom. The van der Waals surface area contributed by atoms with Crippen LogP contribution < -0.4 is 0 Å². The van der Waals surface area contributed by atoms with Gasteiger partial charge in [-0.1, -0.05) is 127 Å². The van der Waals surface area contributed by atoms with Gasteiger partial charge in [0, 0.05) is 49.1 Å². The molecule has 0 saturated heterocycles. The number of furan rings is 2. The van der Waals surface area contributed by atoms with E-state index >= 15 is 0 Å². The summed E-state index contributed by atoms with van der Waals surface area (Å²) < 4.78 is 15.1. The first-order valence-electron chi connectivity index (χ1n) is 21.1. The summed E-state index contributed by atoms with van der Waals surface area (Å²) in [6.07, 6.45) is 0. The smallest absolute Gasteiger partial charge is 0.167 e. The first kappa shape index (κ1) is 35.2. The zero-order valence-electron chi connectivity index (χ0n) is 33.7. The topological polar surface area (TPSA) is 69.9 Å². The van der Waals surface area contributed by atoms with Crippen molar-refractivity contribution in [3.8, 4) is 62.1 Å². The molecule has 6 heteroatoms. The minimum Gasteiger partial charge on any atom is -0.456 e. The van der Waals surface area contributed by atoms with Crippen molar-refractivity contribution in [3.63, 3.8) is 0 Å². The van der Waals surface area contributed by atoms with Gasteiger partial charge in [-0.3, -0.25) is 0 Å². The van der Waals surface area contributed by atoms with Gasteiger partial charge in [0.25, 0.3) is 0 Å². The number of nitrogens with zero attached hydrogens (tertiary/aromatic N) is 4. The van der Waals surface area contributed by atoms with Crippen LogP contribution in [0.4, 0.5) is 0 Å². The Labute approximate surface area is 361 Å². The molecule has 0 N–H and O–H groups in total. The van der Waals surface area contributed by atoms with Crippen molar-refractivity contribution in [2.75, 3.05) is 0 Å². The maximum Gasteiger partial charge on any atom is 0.167 e. The predicted octanol–water partition coefficient (Wildman–Crippen LogP) is 15.1. The molecule has 0 radical (unpaired) electrons. The molecule has 9 aromatic carbocycles. The van der Waals surface area contributed by atoms with E-state index in [4.69, 9.17) is 23.8 Å². The van der Waals surface area contributed by atoms with E-state index in [1.165, 1.54) is 22.3 Å². The molecular formula is C57H34N4O2. The monoisotopic (exact) mass is 806 g/mol. The van der Waals surface area contributed by atoms with Gasteiger partial charge in [0.1, 0.15) is 22.3 Å². The van der Waals surface area contributed by atoms with E-state index in [1.54, 1.807) is 0 Å². The fourth-order valence-electron chi connectivity index (χ4n) is 9.25. The number of aromatic nitrogens is 4. The summed E-state index contributed by atoms with van der Waals surface area (Å²) in [6.45, 7) is 0. The maximum atomic E-state index is 6.52. The highest BCUT2D eigenvalue weighted by Gasteiger charge is 2.20. The third-order valence-corrected chi connectivity index (χ3v) is 12.3. The third-order valence-electron chi connectivity index (χ3n) is 12.3. The Morgan fingerprint density at radius 3 is 1.60 bits per heavy atom. The van der Waals surface area contributed by atoms with Crippen molar-refractivity contribution in [3.05, 3.63) is 206 Å². The van der Waals surface area contributed by atoms with Gasteiger partial charge in [-0.15, -0.1) is 0 Å². The SMILES string of the molecule is c1ccc(-c2cccc(-c3ccc(-n4c5ccccc5c5cc(-c6nc(-c7ccc8oc9ccccc9c8c7)nc(-c7cccc8c7oc7ccccc78)n6)ccc54)cc3)c2)cc1. The molecule has 4 heterocycles. The van der Waals surface area contributed by atoms with Crippen molar-refractivity contribution in [2.45, 2.75) is 0 Å². The highest BCUT2D eigenvalue weighted by molar-refractivity contribution is 6.11. The number of hydrogen-bond donors (Lipinski definition) is 0. The number of hydrogen-bond acceptors (Lipinski definition) is 5. The second-order valence-corrected chi connectivity index (χ2v) is 16.0. The van der Waals surface area contributed by atoms with E-state index in [2.05, 4.69) is 150 Å². The van der Waals surface area contributed by atoms with Crippen LogP contribution in [0.25, 0.3) is 128 Å². The summed E-state index contributed by atoms with van der Waals surface area (Å²) in [4.78, 5) is 15.6. The fraction of sp³-hybridized carbons (Fsp3) is 0. The molecule has 0 unspecified atom stereocenters. The van der Waals surface area contributed by atoms with Gasteiger partial charge in [-0.2, -0.15) is 0 Å². The highest BCUT2D eigenvalue weighted by Crippen LogP contribution is 2.39. The molecule has 0 aliphatic rings. The summed E-state index contributed by atoms with van der Waals surface area (Å²) in [6, 6.07) is 71.8. The lowest BCUT2D eigenvalue weighted by molar-refractivity contribution is 0.669. The molecule has 294 valence electrons. The lowest BCUT2D eigenvalue weighted by Gasteiger charge is -2.11. The molecule has 0 fully saturated rings. The van der Waals surface area contributed by atoms with Crippen molar-refractivity contribution in [2.24, 2.45) is 0 Å². The molecule has 13 aromatic rings. The van der Waals surface area contributed by atoms with Crippen LogP contribution in [0, 0.1) is 0 Å². The molecule has 63 heavy (non-hydrogen) atoms. The van der Waals surface area contributed by atoms with Crippen molar-refractivity contribution < 1.29 is 8.83 Å². The van der Waals surface area contributed by atoms with Gasteiger partial charge in [0.2, 0.25) is 0 Å². The van der Waals surface area contributed by atoms with E-state index < -0.39 is 0 Å². The minimum absolute atomic E-state index is 0.536. The Hall–Kier alpha value is -8.61. The summed E-state index contributed by atoms with van der Waals surface area (Å²) in [7, 11) is 0. The second kappa shape index (κ2) is 14.0. The number of fused-ring (bicyclic) bond motifs is 9. The van der Waals surface area contributed by atoms with Crippen LogP contribution in [-0.4, -0.2) is 19.5 Å². The van der Waals surface area contributed by atoms with E-state index in [1.807, 2.05) is 60.7 Å². The van der Waals surface area contributed by atoms with Crippen LogP contribution in [0.1, 0.15) is 0 Å². The molecule has 4 aromatic heterocycles. The third kappa shape index (κ3) is 5.76. The van der Waals surface area contributed by atoms with Crippen molar-refractivity contribution in [1.82, 2.24) is 19.5 Å². The number of benzene rings is 9. The van der Waals surface area contributed by atoms with Gasteiger partial charge < -0.3 is 13.4 Å². The summed E-state index contributed by atoms with van der Waals surface area (Å²) in [5.41, 5.74) is 13.8. The first-order chi connectivity index (χ1) is 31.2. The quantitative estimate of drug-likeness (QED) is 0.167. The van der Waals surface area contributed by atoms with Gasteiger partial charge in [0.05, 0.1) is 16.6 Å². The zero-order valence-corrected chi connectivity index (χ0v) is 33.7. The van der Waals surface area contributed by atoms with Crippen LogP contribution in [0.2, 0.25) is 0 Å². The molecule has 13 rings (SSSR count). The van der Waals surface area contributed by atoms with E-state index in [0.717, 1.165) is 88.1 Å². The summed E-state index contributed by atoms with van der Waals surface area (Å²) in [5.74, 6) is 1.67. The van der Waals surface area contributed by atoms with Crippen molar-refractivity contribution >= 4 is 65.7 Å². The summed E-state index contributed by atoms with van der Waals surface area (Å²) in [5, 5.41) is 6.37. The molecule has 0 saturated carbocycles. The molecule has 0 aliphatic carbocycles. The molecule has 0 bridgehead atoms. The molecule has 6 nitrogen and oxygen atoms in total. The predicted molar refractivity (Wildman–Crippen MR) is 256 cm³/mol. The van der Waals surface area contributed by atoms with Crippen LogP contribution >= 0.6 is 0 Å². The fourth-order valence-corrected chi connectivity index (χ4v) is 9.25. The van der Waals surface area contributed by atoms with E-state index in [-0.39, 0.29) is 0 Å². The Bertz CT molecular complexity index is 3920. The Morgan fingerprint density at radius 1 is 0.302 bits per heavy atom.